The van der Waals surface area contributed by atoms with E-state index in [0.29, 0.717) is 5.54 Å². The third kappa shape index (κ3) is 2.34. The average Bonchev–Trinajstić information content (AvgIpc) is 2.61. The van der Waals surface area contributed by atoms with E-state index in [1.807, 2.05) is 0 Å². The van der Waals surface area contributed by atoms with Gasteiger partial charge in [0.25, 0.3) is 0 Å². The number of hydrogen-bond acceptors (Lipinski definition) is 3. The highest BCUT2D eigenvalue weighted by Gasteiger charge is 2.42. The van der Waals surface area contributed by atoms with Gasteiger partial charge in [-0.05, 0) is 31.7 Å². The molecule has 0 amide bonds. The normalized spacial score (nSPS) is 43.4. The molecule has 0 spiro atoms. The largest absolute Gasteiger partial charge is 0.329 e. The minimum Gasteiger partial charge on any atom is -0.329 e. The molecule has 0 bridgehead atoms. The first kappa shape index (κ1) is 11.7. The summed E-state index contributed by atoms with van der Waals surface area (Å²) in [6.45, 7) is 8.10. The number of piperidine rings is 1. The van der Waals surface area contributed by atoms with Crippen LogP contribution < -0.4 is 5.73 Å². The summed E-state index contributed by atoms with van der Waals surface area (Å²) in [7, 11) is 0. The zero-order chi connectivity index (χ0) is 10.9. The van der Waals surface area contributed by atoms with Crippen molar-refractivity contribution in [3.63, 3.8) is 0 Å². The standard InChI is InChI=1S/C12H24N2S/c1-10-4-3-5-14(7-10)12(8-13)6-11(2)15-9-12/h10-11H,3-9,13H2,1-2H3. The predicted molar refractivity (Wildman–Crippen MR) is 68.3 cm³/mol. The highest BCUT2D eigenvalue weighted by Crippen LogP contribution is 2.39. The van der Waals surface area contributed by atoms with E-state index >= 15 is 0 Å². The molecule has 3 unspecified atom stereocenters. The van der Waals surface area contributed by atoms with Crippen molar-refractivity contribution in [2.75, 3.05) is 25.4 Å². The quantitative estimate of drug-likeness (QED) is 0.783. The van der Waals surface area contributed by atoms with Crippen molar-refractivity contribution in [1.82, 2.24) is 4.90 Å². The highest BCUT2D eigenvalue weighted by molar-refractivity contribution is 8.00. The van der Waals surface area contributed by atoms with Crippen molar-refractivity contribution in [2.24, 2.45) is 11.7 Å². The third-order valence-corrected chi connectivity index (χ3v) is 5.45. The second kappa shape index (κ2) is 4.64. The minimum atomic E-state index is 0.332. The van der Waals surface area contributed by atoms with Crippen LogP contribution in [0.4, 0.5) is 0 Å². The maximum atomic E-state index is 6.05. The monoisotopic (exact) mass is 228 g/mol. The average molecular weight is 228 g/mol. The molecule has 0 aromatic carbocycles. The molecule has 2 N–H and O–H groups in total. The van der Waals surface area contributed by atoms with Gasteiger partial charge < -0.3 is 5.73 Å². The molecule has 2 aliphatic heterocycles. The van der Waals surface area contributed by atoms with Gasteiger partial charge in [-0.3, -0.25) is 4.90 Å². The zero-order valence-electron chi connectivity index (χ0n) is 10.0. The van der Waals surface area contributed by atoms with E-state index in [4.69, 9.17) is 5.73 Å². The summed E-state index contributed by atoms with van der Waals surface area (Å²) in [6.07, 6.45) is 4.06. The molecule has 0 aliphatic carbocycles. The van der Waals surface area contributed by atoms with Crippen LogP contribution in [0.5, 0.6) is 0 Å². The van der Waals surface area contributed by atoms with E-state index in [1.165, 1.54) is 38.1 Å². The molecular formula is C12H24N2S. The molecule has 2 heterocycles. The van der Waals surface area contributed by atoms with E-state index < -0.39 is 0 Å². The molecule has 3 atom stereocenters. The molecule has 2 rings (SSSR count). The van der Waals surface area contributed by atoms with Gasteiger partial charge in [-0.25, -0.2) is 0 Å². The predicted octanol–water partition coefficient (Wildman–Crippen LogP) is 1.94. The lowest BCUT2D eigenvalue weighted by molar-refractivity contribution is 0.0664. The lowest BCUT2D eigenvalue weighted by Crippen LogP contribution is -2.57. The first-order chi connectivity index (χ1) is 7.16. The summed E-state index contributed by atoms with van der Waals surface area (Å²) in [5, 5.41) is 0.797. The molecule has 0 aromatic rings. The number of hydrogen-bond donors (Lipinski definition) is 1. The number of nitrogens with zero attached hydrogens (tertiary/aromatic N) is 1. The Morgan fingerprint density at radius 3 is 2.80 bits per heavy atom. The fourth-order valence-electron chi connectivity index (χ4n) is 3.06. The lowest BCUT2D eigenvalue weighted by atomic mass is 9.89. The van der Waals surface area contributed by atoms with Crippen LogP contribution in [0, 0.1) is 5.92 Å². The van der Waals surface area contributed by atoms with Crippen LogP contribution in [0.1, 0.15) is 33.1 Å². The summed E-state index contributed by atoms with van der Waals surface area (Å²) < 4.78 is 0. The van der Waals surface area contributed by atoms with Crippen molar-refractivity contribution in [3.05, 3.63) is 0 Å². The highest BCUT2D eigenvalue weighted by atomic mass is 32.2. The summed E-state index contributed by atoms with van der Waals surface area (Å²) in [5.41, 5.74) is 6.38. The summed E-state index contributed by atoms with van der Waals surface area (Å²) in [4.78, 5) is 2.69. The molecule has 2 aliphatic rings. The Labute approximate surface area is 98.0 Å². The Morgan fingerprint density at radius 2 is 2.27 bits per heavy atom. The topological polar surface area (TPSA) is 29.3 Å². The lowest BCUT2D eigenvalue weighted by Gasteiger charge is -2.44. The molecule has 0 radical (unpaired) electrons. The Balaban J connectivity index is 2.05. The van der Waals surface area contributed by atoms with Crippen LogP contribution in [0.15, 0.2) is 0 Å². The number of likely N-dealkylation sites (tertiary alicyclic amines) is 1. The molecule has 2 saturated heterocycles. The third-order valence-electron chi connectivity index (χ3n) is 4.01. The SMILES string of the molecule is CC1CCCN(C2(CN)CSC(C)C2)C1. The van der Waals surface area contributed by atoms with Crippen molar-refractivity contribution in [2.45, 2.75) is 43.9 Å². The Morgan fingerprint density at radius 1 is 1.47 bits per heavy atom. The van der Waals surface area contributed by atoms with Crippen LogP contribution in [-0.2, 0) is 0 Å². The van der Waals surface area contributed by atoms with Crippen LogP contribution in [-0.4, -0.2) is 41.1 Å². The van der Waals surface area contributed by atoms with Gasteiger partial charge in [0, 0.05) is 29.6 Å². The number of nitrogens with two attached hydrogens (primary N) is 1. The fourth-order valence-corrected chi connectivity index (χ4v) is 4.50. The van der Waals surface area contributed by atoms with E-state index in [9.17, 15) is 0 Å². The van der Waals surface area contributed by atoms with E-state index in [0.717, 1.165) is 17.7 Å². The number of rotatable bonds is 2. The van der Waals surface area contributed by atoms with Crippen LogP contribution in [0.25, 0.3) is 0 Å². The Hall–Kier alpha value is 0.270. The zero-order valence-corrected chi connectivity index (χ0v) is 10.9. The van der Waals surface area contributed by atoms with Crippen LogP contribution >= 0.6 is 11.8 Å². The number of thioether (sulfide) groups is 1. The van der Waals surface area contributed by atoms with Crippen molar-refractivity contribution < 1.29 is 0 Å². The summed E-state index contributed by atoms with van der Waals surface area (Å²) in [5.74, 6) is 2.11. The molecule has 2 fully saturated rings. The van der Waals surface area contributed by atoms with Gasteiger partial charge in [0.05, 0.1) is 0 Å². The Bertz CT molecular complexity index is 222. The fraction of sp³-hybridized carbons (Fsp3) is 1.00. The van der Waals surface area contributed by atoms with Gasteiger partial charge in [0.15, 0.2) is 0 Å². The summed E-state index contributed by atoms with van der Waals surface area (Å²) in [6, 6.07) is 0. The smallest absolute Gasteiger partial charge is 0.0432 e. The first-order valence-corrected chi connectivity index (χ1v) is 7.28. The maximum Gasteiger partial charge on any atom is 0.0432 e. The van der Waals surface area contributed by atoms with Gasteiger partial charge in [-0.15, -0.1) is 0 Å². The second-order valence-corrected chi connectivity index (χ2v) is 6.87. The van der Waals surface area contributed by atoms with Gasteiger partial charge in [-0.2, -0.15) is 11.8 Å². The molecule has 0 aromatic heterocycles. The molecule has 2 nitrogen and oxygen atoms in total. The van der Waals surface area contributed by atoms with Crippen molar-refractivity contribution in [3.8, 4) is 0 Å². The second-order valence-electron chi connectivity index (χ2n) is 5.45. The van der Waals surface area contributed by atoms with Crippen molar-refractivity contribution in [1.29, 1.82) is 0 Å². The van der Waals surface area contributed by atoms with Crippen molar-refractivity contribution >= 4 is 11.8 Å². The molecule has 15 heavy (non-hydrogen) atoms. The van der Waals surface area contributed by atoms with Gasteiger partial charge >= 0.3 is 0 Å². The molecule has 0 saturated carbocycles. The summed E-state index contributed by atoms with van der Waals surface area (Å²) >= 11 is 2.10. The molecule has 88 valence electrons. The van der Waals surface area contributed by atoms with Gasteiger partial charge in [-0.1, -0.05) is 13.8 Å². The van der Waals surface area contributed by atoms with Crippen LogP contribution in [0.2, 0.25) is 0 Å². The minimum absolute atomic E-state index is 0.332. The Kier molecular flexibility index (Phi) is 3.63. The van der Waals surface area contributed by atoms with E-state index in [-0.39, 0.29) is 0 Å². The molecular weight excluding hydrogens is 204 g/mol. The van der Waals surface area contributed by atoms with E-state index in [1.54, 1.807) is 0 Å². The van der Waals surface area contributed by atoms with Gasteiger partial charge in [0.2, 0.25) is 0 Å². The maximum absolute atomic E-state index is 6.05. The van der Waals surface area contributed by atoms with E-state index in [2.05, 4.69) is 30.5 Å². The van der Waals surface area contributed by atoms with Crippen LogP contribution in [0.3, 0.4) is 0 Å². The van der Waals surface area contributed by atoms with Gasteiger partial charge in [0.1, 0.15) is 0 Å². The molecule has 3 heteroatoms. The first-order valence-electron chi connectivity index (χ1n) is 6.23.